The number of allylic oxidation sites excluding steroid dienone is 6. The molecular formula is C32H50O4. The molecule has 0 aromatic carbocycles. The van der Waals surface area contributed by atoms with E-state index in [1.807, 2.05) is 12.2 Å². The van der Waals surface area contributed by atoms with Crippen LogP contribution in [0.25, 0.3) is 0 Å². The van der Waals surface area contributed by atoms with Gasteiger partial charge in [0.15, 0.2) is 0 Å². The fourth-order valence-corrected chi connectivity index (χ4v) is 5.74. The highest BCUT2D eigenvalue weighted by Crippen LogP contribution is 2.34. The maximum atomic E-state index is 13.1. The molecule has 4 bridgehead atoms. The summed E-state index contributed by atoms with van der Waals surface area (Å²) in [7, 11) is 0. The number of ether oxygens (including phenoxy) is 3. The largest absolute Gasteiger partial charge is 0.458 e. The maximum Gasteiger partial charge on any atom is 0.309 e. The molecule has 0 aromatic rings. The van der Waals surface area contributed by atoms with Crippen LogP contribution in [-0.2, 0) is 19.0 Å². The lowest BCUT2D eigenvalue weighted by Gasteiger charge is -2.37. The fourth-order valence-electron chi connectivity index (χ4n) is 5.74. The average Bonchev–Trinajstić information content (AvgIpc) is 2.85. The minimum Gasteiger partial charge on any atom is -0.458 e. The number of carbonyl (C=O) groups excluding carboxylic acids is 1. The molecule has 0 N–H and O–H groups in total. The van der Waals surface area contributed by atoms with Gasteiger partial charge in [0.05, 0.1) is 30.8 Å². The minimum absolute atomic E-state index is 0.114. The van der Waals surface area contributed by atoms with E-state index in [1.54, 1.807) is 0 Å². The second kappa shape index (κ2) is 14.9. The summed E-state index contributed by atoms with van der Waals surface area (Å²) in [6, 6.07) is 0. The number of rotatable bonds is 4. The van der Waals surface area contributed by atoms with Crippen LogP contribution in [0.5, 0.6) is 0 Å². The molecule has 0 amide bonds. The summed E-state index contributed by atoms with van der Waals surface area (Å²) in [6.07, 6.45) is 23.8. The standard InChI is InChI=1S/C32H50O4/c1-6-23(3)12-9-8-10-15-31-25(5)17-16-24(4)18-27-13-11-14-28(34-27)21-29-19-26(7-2)20-30(35-29)22-32(33)36-31/h7-10,12,15,24-25,27-31H,6,11,13-14,16-22H2,1-5H3/b9-8-,15-10+,23-12+,26-7-. The zero-order valence-electron chi connectivity index (χ0n) is 23.4. The molecule has 3 aliphatic heterocycles. The Morgan fingerprint density at radius 1 is 0.889 bits per heavy atom. The third kappa shape index (κ3) is 9.67. The second-order valence-corrected chi connectivity index (χ2v) is 11.5. The lowest BCUT2D eigenvalue weighted by Crippen LogP contribution is -2.37. The second-order valence-electron chi connectivity index (χ2n) is 11.5. The lowest BCUT2D eigenvalue weighted by atomic mass is 9.87. The van der Waals surface area contributed by atoms with Gasteiger partial charge >= 0.3 is 5.97 Å². The molecule has 7 unspecified atom stereocenters. The lowest BCUT2D eigenvalue weighted by molar-refractivity contribution is -0.155. The van der Waals surface area contributed by atoms with Crippen LogP contribution in [0.15, 0.2) is 47.6 Å². The molecule has 0 aliphatic carbocycles. The van der Waals surface area contributed by atoms with E-state index >= 15 is 0 Å². The molecule has 3 saturated heterocycles. The van der Waals surface area contributed by atoms with Crippen LogP contribution in [0.1, 0.15) is 105 Å². The summed E-state index contributed by atoms with van der Waals surface area (Å²) in [4.78, 5) is 13.1. The van der Waals surface area contributed by atoms with E-state index in [4.69, 9.17) is 14.2 Å². The Morgan fingerprint density at radius 2 is 1.61 bits per heavy atom. The van der Waals surface area contributed by atoms with E-state index in [1.165, 1.54) is 24.0 Å². The number of carbonyl (C=O) groups is 1. The highest BCUT2D eigenvalue weighted by molar-refractivity contribution is 5.70. The van der Waals surface area contributed by atoms with Gasteiger partial charge in [-0.2, -0.15) is 0 Å². The van der Waals surface area contributed by atoms with E-state index in [9.17, 15) is 4.79 Å². The Kier molecular flexibility index (Phi) is 12.0. The smallest absolute Gasteiger partial charge is 0.309 e. The Hall–Kier alpha value is -1.65. The highest BCUT2D eigenvalue weighted by Gasteiger charge is 2.33. The van der Waals surface area contributed by atoms with Crippen molar-refractivity contribution < 1.29 is 19.0 Å². The van der Waals surface area contributed by atoms with Gasteiger partial charge < -0.3 is 14.2 Å². The van der Waals surface area contributed by atoms with Crippen molar-refractivity contribution in [2.75, 3.05) is 0 Å². The van der Waals surface area contributed by atoms with Crippen molar-refractivity contribution in [1.29, 1.82) is 0 Å². The first kappa shape index (κ1) is 28.9. The van der Waals surface area contributed by atoms with Crippen molar-refractivity contribution >= 4 is 5.97 Å². The molecule has 0 radical (unpaired) electrons. The molecule has 3 fully saturated rings. The van der Waals surface area contributed by atoms with Crippen molar-refractivity contribution in [3.8, 4) is 0 Å². The summed E-state index contributed by atoms with van der Waals surface area (Å²) >= 11 is 0. The van der Waals surface area contributed by atoms with Gasteiger partial charge in [-0.1, -0.05) is 68.7 Å². The summed E-state index contributed by atoms with van der Waals surface area (Å²) in [6.45, 7) is 10.9. The predicted octanol–water partition coefficient (Wildman–Crippen LogP) is 8.03. The van der Waals surface area contributed by atoms with Gasteiger partial charge in [-0.3, -0.25) is 4.79 Å². The third-order valence-corrected chi connectivity index (χ3v) is 8.20. The number of hydrogen-bond donors (Lipinski definition) is 0. The Morgan fingerprint density at radius 3 is 2.36 bits per heavy atom. The van der Waals surface area contributed by atoms with Gasteiger partial charge in [-0.05, 0) is 83.1 Å². The van der Waals surface area contributed by atoms with Gasteiger partial charge in [0.25, 0.3) is 0 Å². The van der Waals surface area contributed by atoms with Crippen molar-refractivity contribution in [2.24, 2.45) is 11.8 Å². The quantitative estimate of drug-likeness (QED) is 0.223. The van der Waals surface area contributed by atoms with Gasteiger partial charge in [0, 0.05) is 6.42 Å². The van der Waals surface area contributed by atoms with Crippen LogP contribution in [0.4, 0.5) is 0 Å². The number of cyclic esters (lactones) is 1. The molecule has 3 rings (SSSR count). The molecule has 0 saturated carbocycles. The minimum atomic E-state index is -0.227. The van der Waals surface area contributed by atoms with E-state index in [-0.39, 0.29) is 36.3 Å². The van der Waals surface area contributed by atoms with E-state index < -0.39 is 0 Å². The maximum absolute atomic E-state index is 13.1. The van der Waals surface area contributed by atoms with Gasteiger partial charge in [-0.25, -0.2) is 0 Å². The first-order valence-electron chi connectivity index (χ1n) is 14.5. The molecule has 4 nitrogen and oxygen atoms in total. The molecule has 202 valence electrons. The van der Waals surface area contributed by atoms with Crippen molar-refractivity contribution in [3.05, 3.63) is 47.6 Å². The molecular weight excluding hydrogens is 448 g/mol. The highest BCUT2D eigenvalue weighted by atomic mass is 16.5. The van der Waals surface area contributed by atoms with Crippen molar-refractivity contribution in [3.63, 3.8) is 0 Å². The summed E-state index contributed by atoms with van der Waals surface area (Å²) < 4.78 is 19.1. The zero-order valence-corrected chi connectivity index (χ0v) is 23.4. The number of esters is 1. The number of fused-ring (bicyclic) bond motifs is 4. The van der Waals surface area contributed by atoms with E-state index in [2.05, 4.69) is 58.9 Å². The third-order valence-electron chi connectivity index (χ3n) is 8.20. The first-order valence-corrected chi connectivity index (χ1v) is 14.5. The molecule has 3 heterocycles. The van der Waals surface area contributed by atoms with Crippen molar-refractivity contribution in [2.45, 2.75) is 136 Å². The van der Waals surface area contributed by atoms with Gasteiger partial charge in [0.2, 0.25) is 0 Å². The van der Waals surface area contributed by atoms with Gasteiger partial charge in [0.1, 0.15) is 6.10 Å². The Labute approximate surface area is 220 Å². The van der Waals surface area contributed by atoms with Crippen LogP contribution < -0.4 is 0 Å². The van der Waals surface area contributed by atoms with Crippen LogP contribution in [0.2, 0.25) is 0 Å². The fraction of sp³-hybridized carbons (Fsp3) is 0.719. The molecule has 7 atom stereocenters. The summed E-state index contributed by atoms with van der Waals surface area (Å²) in [5.74, 6) is 0.696. The SMILES string of the molecule is C/C=C1\CC2CC(=O)OC(/C=C/C=C\C=C(/C)CC)C(C)CCC(C)CC3CCCC(CC(C1)O2)O3. The first-order chi connectivity index (χ1) is 17.4. The van der Waals surface area contributed by atoms with Gasteiger partial charge in [-0.15, -0.1) is 0 Å². The van der Waals surface area contributed by atoms with E-state index in [0.29, 0.717) is 18.4 Å². The normalized spacial score (nSPS) is 36.9. The van der Waals surface area contributed by atoms with Crippen LogP contribution in [0.3, 0.4) is 0 Å². The zero-order chi connectivity index (χ0) is 25.9. The molecule has 0 aromatic heterocycles. The van der Waals surface area contributed by atoms with Crippen LogP contribution >= 0.6 is 0 Å². The topological polar surface area (TPSA) is 44.8 Å². The predicted molar refractivity (Wildman–Crippen MR) is 148 cm³/mol. The Bertz CT molecular complexity index is 807. The molecule has 3 aliphatic rings. The number of hydrogen-bond acceptors (Lipinski definition) is 4. The van der Waals surface area contributed by atoms with Crippen LogP contribution in [0, 0.1) is 11.8 Å². The molecule has 36 heavy (non-hydrogen) atoms. The monoisotopic (exact) mass is 498 g/mol. The van der Waals surface area contributed by atoms with E-state index in [0.717, 1.165) is 51.4 Å². The molecule has 0 spiro atoms. The Balaban J connectivity index is 1.75. The summed E-state index contributed by atoms with van der Waals surface area (Å²) in [5.41, 5.74) is 2.73. The summed E-state index contributed by atoms with van der Waals surface area (Å²) in [5, 5.41) is 0. The van der Waals surface area contributed by atoms with Crippen molar-refractivity contribution in [1.82, 2.24) is 0 Å². The molecule has 4 heteroatoms. The van der Waals surface area contributed by atoms with Crippen LogP contribution in [-0.4, -0.2) is 36.5 Å². The average molecular weight is 499 g/mol.